The molecule has 1 saturated heterocycles. The molecule has 1 amide bonds. The van der Waals surface area contributed by atoms with Gasteiger partial charge < -0.3 is 19.1 Å². The van der Waals surface area contributed by atoms with Gasteiger partial charge in [0.05, 0.1) is 6.20 Å². The Kier molecular flexibility index (Phi) is 3.47. The average molecular weight is 289 g/mol. The summed E-state index contributed by atoms with van der Waals surface area (Å²) >= 11 is 0. The summed E-state index contributed by atoms with van der Waals surface area (Å²) in [6.07, 6.45) is 4.66. The number of aromatic carboxylic acids is 1. The summed E-state index contributed by atoms with van der Waals surface area (Å²) in [4.78, 5) is 25.0. The third-order valence-electron chi connectivity index (χ3n) is 3.79. The van der Waals surface area contributed by atoms with Crippen LogP contribution in [0.2, 0.25) is 0 Å². The number of hydrogen-bond donors (Lipinski definition) is 1. The van der Waals surface area contributed by atoms with Crippen LogP contribution in [0, 0.1) is 0 Å². The summed E-state index contributed by atoms with van der Waals surface area (Å²) in [5, 5.41) is 12.7. The molecule has 0 saturated carbocycles. The fraction of sp³-hybridized carbons (Fsp3) is 0.357. The first kappa shape index (κ1) is 13.4. The van der Waals surface area contributed by atoms with Crippen LogP contribution in [-0.2, 0) is 0 Å². The topological polar surface area (TPSA) is 88.6 Å². The van der Waals surface area contributed by atoms with E-state index in [1.54, 1.807) is 33.9 Å². The van der Waals surface area contributed by atoms with Gasteiger partial charge in [-0.05, 0) is 25.0 Å². The van der Waals surface area contributed by atoms with E-state index in [2.05, 4.69) is 5.16 Å². The van der Waals surface area contributed by atoms with Crippen molar-refractivity contribution >= 4 is 11.9 Å². The van der Waals surface area contributed by atoms with Gasteiger partial charge in [-0.25, -0.2) is 4.79 Å². The van der Waals surface area contributed by atoms with Gasteiger partial charge in [0.25, 0.3) is 5.91 Å². The van der Waals surface area contributed by atoms with Crippen LogP contribution in [0.1, 0.15) is 39.9 Å². The molecule has 0 atom stereocenters. The fourth-order valence-corrected chi connectivity index (χ4v) is 2.72. The van der Waals surface area contributed by atoms with Crippen molar-refractivity contribution < 1.29 is 19.2 Å². The lowest BCUT2D eigenvalue weighted by Gasteiger charge is -2.32. The Labute approximate surface area is 120 Å². The van der Waals surface area contributed by atoms with Crippen LogP contribution in [0.5, 0.6) is 0 Å². The van der Waals surface area contributed by atoms with E-state index in [4.69, 9.17) is 9.63 Å². The molecular formula is C14H15N3O4. The van der Waals surface area contributed by atoms with E-state index in [-0.39, 0.29) is 23.4 Å². The van der Waals surface area contributed by atoms with Crippen LogP contribution in [0.4, 0.5) is 0 Å². The zero-order chi connectivity index (χ0) is 14.8. The van der Waals surface area contributed by atoms with Gasteiger partial charge in [0.2, 0.25) is 5.76 Å². The Hall–Kier alpha value is -2.57. The minimum atomic E-state index is -0.930. The van der Waals surface area contributed by atoms with Crippen LogP contribution in [0.25, 0.3) is 0 Å². The van der Waals surface area contributed by atoms with E-state index in [0.29, 0.717) is 13.1 Å². The van der Waals surface area contributed by atoms with E-state index >= 15 is 0 Å². The first-order chi connectivity index (χ1) is 10.2. The third-order valence-corrected chi connectivity index (χ3v) is 3.79. The van der Waals surface area contributed by atoms with Crippen LogP contribution >= 0.6 is 0 Å². The molecule has 7 nitrogen and oxygen atoms in total. The molecule has 7 heteroatoms. The Morgan fingerprint density at radius 2 is 2.05 bits per heavy atom. The van der Waals surface area contributed by atoms with Gasteiger partial charge in [-0.3, -0.25) is 4.79 Å². The molecule has 1 aliphatic rings. The number of carboxylic acids is 1. The van der Waals surface area contributed by atoms with Gasteiger partial charge in [-0.2, -0.15) is 0 Å². The summed E-state index contributed by atoms with van der Waals surface area (Å²) in [7, 11) is 0. The SMILES string of the molecule is O=C(O)c1cccn1C1CCN(C(=O)c2ccno2)CC1. The first-order valence-corrected chi connectivity index (χ1v) is 6.77. The molecule has 21 heavy (non-hydrogen) atoms. The predicted molar refractivity (Wildman–Crippen MR) is 72.1 cm³/mol. The van der Waals surface area contributed by atoms with E-state index < -0.39 is 5.97 Å². The highest BCUT2D eigenvalue weighted by molar-refractivity contribution is 5.91. The third kappa shape index (κ3) is 2.54. The summed E-state index contributed by atoms with van der Waals surface area (Å²) in [5.41, 5.74) is 0.287. The maximum atomic E-state index is 12.1. The smallest absolute Gasteiger partial charge is 0.352 e. The highest BCUT2D eigenvalue weighted by atomic mass is 16.5. The minimum absolute atomic E-state index is 0.102. The number of nitrogens with zero attached hydrogens (tertiary/aromatic N) is 3. The lowest BCUT2D eigenvalue weighted by Crippen LogP contribution is -2.39. The van der Waals surface area contributed by atoms with Gasteiger partial charge in [0.1, 0.15) is 5.69 Å². The lowest BCUT2D eigenvalue weighted by molar-refractivity contribution is 0.0628. The Morgan fingerprint density at radius 3 is 2.67 bits per heavy atom. The maximum Gasteiger partial charge on any atom is 0.352 e. The van der Waals surface area contributed by atoms with Gasteiger partial charge in [0, 0.05) is 31.4 Å². The number of hydrogen-bond acceptors (Lipinski definition) is 4. The molecule has 3 rings (SSSR count). The number of piperidine rings is 1. The molecule has 3 heterocycles. The average Bonchev–Trinajstić information content (AvgIpc) is 3.18. The van der Waals surface area contributed by atoms with Gasteiger partial charge >= 0.3 is 5.97 Å². The van der Waals surface area contributed by atoms with Crippen molar-refractivity contribution in [1.82, 2.24) is 14.6 Å². The van der Waals surface area contributed by atoms with Crippen molar-refractivity contribution in [2.75, 3.05) is 13.1 Å². The highest BCUT2D eigenvalue weighted by Gasteiger charge is 2.27. The molecule has 0 aliphatic carbocycles. The minimum Gasteiger partial charge on any atom is -0.477 e. The molecule has 0 spiro atoms. The zero-order valence-electron chi connectivity index (χ0n) is 11.3. The number of aromatic nitrogens is 2. The van der Waals surface area contributed by atoms with Crippen LogP contribution in [-0.4, -0.2) is 44.7 Å². The zero-order valence-corrected chi connectivity index (χ0v) is 11.3. The lowest BCUT2D eigenvalue weighted by atomic mass is 10.0. The van der Waals surface area contributed by atoms with E-state index in [1.807, 2.05) is 0 Å². The van der Waals surface area contributed by atoms with Gasteiger partial charge in [0.15, 0.2) is 0 Å². The number of rotatable bonds is 3. The quantitative estimate of drug-likeness (QED) is 0.928. The Balaban J connectivity index is 1.66. The molecule has 110 valence electrons. The Morgan fingerprint density at radius 1 is 1.29 bits per heavy atom. The standard InChI is InChI=1S/C14H15N3O4/c18-13(12-3-6-15-21-12)16-8-4-10(5-9-16)17-7-1-2-11(17)14(19)20/h1-3,6-7,10H,4-5,8-9H2,(H,19,20). The molecule has 1 fully saturated rings. The number of carboxylic acid groups (broad SMARTS) is 1. The second-order valence-electron chi connectivity index (χ2n) is 5.01. The molecule has 1 N–H and O–H groups in total. The molecule has 0 aromatic carbocycles. The predicted octanol–water partition coefficient (Wildman–Crippen LogP) is 1.65. The number of likely N-dealkylation sites (tertiary alicyclic amines) is 1. The normalized spacial score (nSPS) is 16.1. The van der Waals surface area contributed by atoms with E-state index in [1.165, 1.54) is 6.20 Å². The van der Waals surface area contributed by atoms with E-state index in [0.717, 1.165) is 12.8 Å². The molecule has 1 aliphatic heterocycles. The summed E-state index contributed by atoms with van der Waals surface area (Å²) < 4.78 is 6.65. The first-order valence-electron chi connectivity index (χ1n) is 6.77. The molecular weight excluding hydrogens is 274 g/mol. The number of carbonyl (C=O) groups excluding carboxylic acids is 1. The highest BCUT2D eigenvalue weighted by Crippen LogP contribution is 2.25. The molecule has 0 unspecified atom stereocenters. The summed E-state index contributed by atoms with van der Waals surface area (Å²) in [5.74, 6) is -0.863. The summed E-state index contributed by atoms with van der Waals surface area (Å²) in [6, 6.07) is 4.97. The number of carbonyl (C=O) groups is 2. The monoisotopic (exact) mass is 289 g/mol. The van der Waals surface area contributed by atoms with Crippen molar-refractivity contribution in [3.05, 3.63) is 42.0 Å². The molecule has 0 bridgehead atoms. The van der Waals surface area contributed by atoms with Crippen LogP contribution < -0.4 is 0 Å². The molecule has 2 aromatic rings. The second kappa shape index (κ2) is 5.43. The van der Waals surface area contributed by atoms with E-state index in [9.17, 15) is 9.59 Å². The van der Waals surface area contributed by atoms with Crippen molar-refractivity contribution in [1.29, 1.82) is 0 Å². The maximum absolute atomic E-state index is 12.1. The van der Waals surface area contributed by atoms with Crippen LogP contribution in [0.15, 0.2) is 35.1 Å². The van der Waals surface area contributed by atoms with Crippen molar-refractivity contribution in [3.63, 3.8) is 0 Å². The van der Waals surface area contributed by atoms with Crippen molar-refractivity contribution in [2.24, 2.45) is 0 Å². The van der Waals surface area contributed by atoms with Crippen molar-refractivity contribution in [2.45, 2.75) is 18.9 Å². The number of amides is 1. The molecule has 2 aromatic heterocycles. The van der Waals surface area contributed by atoms with Gasteiger partial charge in [-0.15, -0.1) is 0 Å². The summed E-state index contributed by atoms with van der Waals surface area (Å²) in [6.45, 7) is 1.14. The van der Waals surface area contributed by atoms with Crippen molar-refractivity contribution in [3.8, 4) is 0 Å². The molecule has 0 radical (unpaired) electrons. The second-order valence-corrected chi connectivity index (χ2v) is 5.01. The Bertz CT molecular complexity index is 639. The van der Waals surface area contributed by atoms with Gasteiger partial charge in [-0.1, -0.05) is 5.16 Å². The largest absolute Gasteiger partial charge is 0.477 e. The van der Waals surface area contributed by atoms with Crippen LogP contribution in [0.3, 0.4) is 0 Å². The fourth-order valence-electron chi connectivity index (χ4n) is 2.72.